The fourth-order valence-corrected chi connectivity index (χ4v) is 4.06. The number of carbonyl (C=O) groups excluding carboxylic acids is 1. The third-order valence-electron chi connectivity index (χ3n) is 4.79. The van der Waals surface area contributed by atoms with Crippen molar-refractivity contribution in [2.75, 3.05) is 5.32 Å². The highest BCUT2D eigenvalue weighted by molar-refractivity contribution is 7.80. The van der Waals surface area contributed by atoms with Crippen LogP contribution in [-0.4, -0.2) is 16.0 Å². The van der Waals surface area contributed by atoms with Crippen molar-refractivity contribution >= 4 is 50.5 Å². The van der Waals surface area contributed by atoms with Crippen molar-refractivity contribution in [3.05, 3.63) is 82.7 Å². The molecule has 0 bridgehead atoms. The molecule has 1 amide bonds. The summed E-state index contributed by atoms with van der Waals surface area (Å²) in [7, 11) is 0. The highest BCUT2D eigenvalue weighted by atomic mass is 32.1. The van der Waals surface area contributed by atoms with Crippen LogP contribution in [0.3, 0.4) is 0 Å². The van der Waals surface area contributed by atoms with E-state index in [9.17, 15) is 4.79 Å². The number of benzene rings is 3. The third kappa shape index (κ3) is 4.18. The van der Waals surface area contributed by atoms with Crippen LogP contribution in [0.5, 0.6) is 0 Å². The first-order chi connectivity index (χ1) is 14.0. The van der Waals surface area contributed by atoms with Crippen LogP contribution in [0, 0.1) is 13.8 Å². The number of nitrogens with one attached hydrogen (secondary N) is 2. The quantitative estimate of drug-likeness (QED) is 0.420. The SMILES string of the molecule is Cc1ccc(C(=O)NC(=S)Nc2nc(-c3cccc4ccccc34)cs2)cc1C. The molecule has 0 aliphatic carbocycles. The highest BCUT2D eigenvalue weighted by Crippen LogP contribution is 2.30. The fraction of sp³-hybridized carbons (Fsp3) is 0.0870. The molecule has 4 rings (SSSR count). The van der Waals surface area contributed by atoms with Gasteiger partial charge in [-0.1, -0.05) is 48.5 Å². The molecular formula is C23H19N3OS2. The molecule has 0 spiro atoms. The summed E-state index contributed by atoms with van der Waals surface area (Å²) in [5.74, 6) is -0.239. The van der Waals surface area contributed by atoms with E-state index in [1.165, 1.54) is 16.7 Å². The van der Waals surface area contributed by atoms with Crippen LogP contribution in [0.4, 0.5) is 5.13 Å². The zero-order valence-corrected chi connectivity index (χ0v) is 17.7. The van der Waals surface area contributed by atoms with Gasteiger partial charge in [-0.05, 0) is 60.1 Å². The summed E-state index contributed by atoms with van der Waals surface area (Å²) in [6, 6.07) is 20.0. The van der Waals surface area contributed by atoms with Gasteiger partial charge in [0.15, 0.2) is 10.2 Å². The number of hydrogen-bond acceptors (Lipinski definition) is 4. The van der Waals surface area contributed by atoms with Gasteiger partial charge in [0.05, 0.1) is 5.69 Å². The van der Waals surface area contributed by atoms with Gasteiger partial charge in [0.2, 0.25) is 0 Å². The minimum absolute atomic E-state index is 0.229. The van der Waals surface area contributed by atoms with Crippen LogP contribution in [0.1, 0.15) is 21.5 Å². The Labute approximate surface area is 178 Å². The summed E-state index contributed by atoms with van der Waals surface area (Å²) in [6.07, 6.45) is 0. The predicted molar refractivity (Wildman–Crippen MR) is 125 cm³/mol. The van der Waals surface area contributed by atoms with Crippen molar-refractivity contribution in [2.45, 2.75) is 13.8 Å². The first kappa shape index (κ1) is 19.2. The second kappa shape index (κ2) is 8.11. The summed E-state index contributed by atoms with van der Waals surface area (Å²) in [5.41, 5.74) is 4.73. The summed E-state index contributed by atoms with van der Waals surface area (Å²) in [6.45, 7) is 3.99. The molecule has 0 saturated heterocycles. The zero-order chi connectivity index (χ0) is 20.4. The molecule has 0 fully saturated rings. The van der Waals surface area contributed by atoms with E-state index in [1.807, 2.05) is 49.6 Å². The van der Waals surface area contributed by atoms with Gasteiger partial charge in [-0.3, -0.25) is 10.1 Å². The van der Waals surface area contributed by atoms with Crippen molar-refractivity contribution in [3.63, 3.8) is 0 Å². The molecule has 0 atom stereocenters. The standard InChI is InChI=1S/C23H19N3OS2/c1-14-10-11-17(12-15(14)2)21(27)25-22(28)26-23-24-20(13-29-23)19-9-5-7-16-6-3-4-8-18(16)19/h3-13H,1-2H3,(H2,24,25,26,27,28). The summed E-state index contributed by atoms with van der Waals surface area (Å²) in [5, 5.41) is 10.9. The molecule has 2 N–H and O–H groups in total. The Morgan fingerprint density at radius 3 is 2.62 bits per heavy atom. The molecular weight excluding hydrogens is 398 g/mol. The number of anilines is 1. The number of rotatable bonds is 3. The average Bonchev–Trinajstić information content (AvgIpc) is 3.17. The molecule has 144 valence electrons. The molecule has 0 radical (unpaired) electrons. The smallest absolute Gasteiger partial charge is 0.257 e. The summed E-state index contributed by atoms with van der Waals surface area (Å²) >= 11 is 6.75. The normalized spacial score (nSPS) is 10.7. The number of aryl methyl sites for hydroxylation is 2. The lowest BCUT2D eigenvalue weighted by Crippen LogP contribution is -2.34. The van der Waals surface area contributed by atoms with Crippen LogP contribution < -0.4 is 10.6 Å². The molecule has 1 heterocycles. The van der Waals surface area contributed by atoms with Crippen molar-refractivity contribution in [1.82, 2.24) is 10.3 Å². The lowest BCUT2D eigenvalue weighted by molar-refractivity contribution is 0.0977. The summed E-state index contributed by atoms with van der Waals surface area (Å²) in [4.78, 5) is 17.1. The van der Waals surface area contributed by atoms with Gasteiger partial charge < -0.3 is 5.32 Å². The van der Waals surface area contributed by atoms with Crippen molar-refractivity contribution in [2.24, 2.45) is 0 Å². The van der Waals surface area contributed by atoms with E-state index in [-0.39, 0.29) is 11.0 Å². The molecule has 4 nitrogen and oxygen atoms in total. The van der Waals surface area contributed by atoms with Crippen molar-refractivity contribution < 1.29 is 4.79 Å². The zero-order valence-electron chi connectivity index (χ0n) is 16.0. The first-order valence-electron chi connectivity index (χ1n) is 9.14. The van der Waals surface area contributed by atoms with E-state index in [0.717, 1.165) is 27.8 Å². The molecule has 4 aromatic rings. The lowest BCUT2D eigenvalue weighted by Gasteiger charge is -2.08. The maximum atomic E-state index is 12.4. The van der Waals surface area contributed by atoms with E-state index in [2.05, 4.69) is 39.9 Å². The van der Waals surface area contributed by atoms with Crippen LogP contribution >= 0.6 is 23.6 Å². The lowest BCUT2D eigenvalue weighted by atomic mass is 10.0. The average molecular weight is 418 g/mol. The second-order valence-corrected chi connectivity index (χ2v) is 8.04. The molecule has 0 unspecified atom stereocenters. The van der Waals surface area contributed by atoms with E-state index in [1.54, 1.807) is 6.07 Å². The van der Waals surface area contributed by atoms with Gasteiger partial charge in [-0.25, -0.2) is 4.98 Å². The van der Waals surface area contributed by atoms with Crippen LogP contribution in [0.2, 0.25) is 0 Å². The maximum Gasteiger partial charge on any atom is 0.257 e. The Bertz CT molecular complexity index is 1220. The van der Waals surface area contributed by atoms with Crippen LogP contribution in [-0.2, 0) is 0 Å². The first-order valence-corrected chi connectivity index (χ1v) is 10.4. The highest BCUT2D eigenvalue weighted by Gasteiger charge is 2.12. The van der Waals surface area contributed by atoms with Crippen LogP contribution in [0.15, 0.2) is 66.0 Å². The van der Waals surface area contributed by atoms with Crippen LogP contribution in [0.25, 0.3) is 22.0 Å². The number of aromatic nitrogens is 1. The molecule has 1 aromatic heterocycles. The van der Waals surface area contributed by atoms with Crippen molar-refractivity contribution in [1.29, 1.82) is 0 Å². The second-order valence-electron chi connectivity index (χ2n) is 6.77. The Morgan fingerprint density at radius 2 is 1.79 bits per heavy atom. The van der Waals surface area contributed by atoms with E-state index < -0.39 is 0 Å². The van der Waals surface area contributed by atoms with Gasteiger partial charge in [0, 0.05) is 16.5 Å². The number of thiazole rings is 1. The summed E-state index contributed by atoms with van der Waals surface area (Å²) < 4.78 is 0. The van der Waals surface area contributed by atoms with Gasteiger partial charge >= 0.3 is 0 Å². The largest absolute Gasteiger partial charge is 0.308 e. The molecule has 6 heteroatoms. The molecule has 3 aromatic carbocycles. The van der Waals surface area contributed by atoms with E-state index in [0.29, 0.717) is 10.7 Å². The molecule has 0 saturated carbocycles. The minimum atomic E-state index is -0.239. The minimum Gasteiger partial charge on any atom is -0.308 e. The number of thiocarbonyl (C=S) groups is 1. The number of nitrogens with zero attached hydrogens (tertiary/aromatic N) is 1. The molecule has 0 aliphatic rings. The number of amides is 1. The number of carbonyl (C=O) groups is 1. The van der Waals surface area contributed by atoms with Gasteiger partial charge in [-0.2, -0.15) is 0 Å². The Balaban J connectivity index is 1.48. The molecule has 0 aliphatic heterocycles. The topological polar surface area (TPSA) is 54.0 Å². The number of hydrogen-bond donors (Lipinski definition) is 2. The van der Waals surface area contributed by atoms with E-state index in [4.69, 9.17) is 12.2 Å². The molecule has 29 heavy (non-hydrogen) atoms. The Morgan fingerprint density at radius 1 is 1.00 bits per heavy atom. The van der Waals surface area contributed by atoms with Gasteiger partial charge in [-0.15, -0.1) is 11.3 Å². The third-order valence-corrected chi connectivity index (χ3v) is 5.75. The van der Waals surface area contributed by atoms with Gasteiger partial charge in [0.1, 0.15) is 0 Å². The fourth-order valence-electron chi connectivity index (χ4n) is 3.09. The monoisotopic (exact) mass is 417 g/mol. The Hall–Kier alpha value is -3.09. The predicted octanol–water partition coefficient (Wildman–Crippen LogP) is 5.71. The van der Waals surface area contributed by atoms with Gasteiger partial charge in [0.25, 0.3) is 5.91 Å². The maximum absolute atomic E-state index is 12.4. The van der Waals surface area contributed by atoms with E-state index >= 15 is 0 Å². The van der Waals surface area contributed by atoms with Crippen molar-refractivity contribution in [3.8, 4) is 11.3 Å². The number of fused-ring (bicyclic) bond motifs is 1. The Kier molecular flexibility index (Phi) is 5.38.